The summed E-state index contributed by atoms with van der Waals surface area (Å²) in [5.74, 6) is 0.173. The first-order valence-corrected chi connectivity index (χ1v) is 9.28. The van der Waals surface area contributed by atoms with Crippen molar-refractivity contribution in [1.29, 1.82) is 5.26 Å². The Morgan fingerprint density at radius 2 is 2.04 bits per heavy atom. The lowest BCUT2D eigenvalue weighted by atomic mass is 10.1. The number of methoxy groups -OCH3 is 1. The molecule has 0 saturated carbocycles. The summed E-state index contributed by atoms with van der Waals surface area (Å²) in [5.41, 5.74) is 4.90. The zero-order valence-corrected chi connectivity index (χ0v) is 16.4. The first-order chi connectivity index (χ1) is 13.4. The van der Waals surface area contributed by atoms with Crippen molar-refractivity contribution in [3.05, 3.63) is 73.6 Å². The van der Waals surface area contributed by atoms with Gasteiger partial charge in [0, 0.05) is 17.0 Å². The highest BCUT2D eigenvalue weighted by Crippen LogP contribution is 2.31. The van der Waals surface area contributed by atoms with Gasteiger partial charge in [-0.1, -0.05) is 18.2 Å². The smallest absolute Gasteiger partial charge is 0.311 e. The number of ether oxygens (including phenoxy) is 1. The summed E-state index contributed by atoms with van der Waals surface area (Å²) in [5, 5.41) is 23.2. The van der Waals surface area contributed by atoms with Crippen molar-refractivity contribution in [1.82, 2.24) is 4.98 Å². The number of rotatable bonds is 5. The number of thiazole rings is 1. The van der Waals surface area contributed by atoms with Gasteiger partial charge >= 0.3 is 5.69 Å². The van der Waals surface area contributed by atoms with E-state index in [9.17, 15) is 15.4 Å². The minimum absolute atomic E-state index is 0.150. The van der Waals surface area contributed by atoms with E-state index >= 15 is 0 Å². The third-order valence-electron chi connectivity index (χ3n) is 4.37. The van der Waals surface area contributed by atoms with E-state index in [0.717, 1.165) is 11.3 Å². The number of nitriles is 1. The SMILES string of the molecule is COc1ccc(/C=C(\C#N)c2nc(-c3ccc(C)c(C)c3)cs2)cc1[N+](=O)[O-]. The Balaban J connectivity index is 1.97. The van der Waals surface area contributed by atoms with Crippen LogP contribution < -0.4 is 4.74 Å². The van der Waals surface area contributed by atoms with Gasteiger partial charge in [-0.15, -0.1) is 11.3 Å². The van der Waals surface area contributed by atoms with Gasteiger partial charge in [-0.05, 0) is 48.7 Å². The number of nitro benzene ring substituents is 1. The van der Waals surface area contributed by atoms with Gasteiger partial charge in [-0.3, -0.25) is 10.1 Å². The highest BCUT2D eigenvalue weighted by molar-refractivity contribution is 7.11. The number of aryl methyl sites for hydroxylation is 2. The van der Waals surface area contributed by atoms with Crippen LogP contribution >= 0.6 is 11.3 Å². The second-order valence-corrected chi connectivity index (χ2v) is 7.05. The lowest BCUT2D eigenvalue weighted by Crippen LogP contribution is -1.94. The highest BCUT2D eigenvalue weighted by Gasteiger charge is 2.16. The summed E-state index contributed by atoms with van der Waals surface area (Å²) in [7, 11) is 1.38. The maximum Gasteiger partial charge on any atom is 0.311 e. The van der Waals surface area contributed by atoms with Gasteiger partial charge < -0.3 is 4.74 Å². The van der Waals surface area contributed by atoms with E-state index in [-0.39, 0.29) is 11.4 Å². The van der Waals surface area contributed by atoms with Crippen LogP contribution in [0.1, 0.15) is 21.7 Å². The maximum absolute atomic E-state index is 11.2. The summed E-state index contributed by atoms with van der Waals surface area (Å²) in [6.07, 6.45) is 1.59. The van der Waals surface area contributed by atoms with E-state index < -0.39 is 4.92 Å². The van der Waals surface area contributed by atoms with E-state index in [0.29, 0.717) is 16.1 Å². The Labute approximate surface area is 166 Å². The number of benzene rings is 2. The van der Waals surface area contributed by atoms with Crippen molar-refractivity contribution in [2.45, 2.75) is 13.8 Å². The normalized spacial score (nSPS) is 11.1. The fourth-order valence-corrected chi connectivity index (χ4v) is 3.47. The van der Waals surface area contributed by atoms with Crippen LogP contribution in [0.3, 0.4) is 0 Å². The predicted molar refractivity (Wildman–Crippen MR) is 110 cm³/mol. The van der Waals surface area contributed by atoms with Crippen LogP contribution in [-0.2, 0) is 0 Å². The second kappa shape index (κ2) is 8.03. The van der Waals surface area contributed by atoms with Gasteiger partial charge in [-0.25, -0.2) is 4.98 Å². The zero-order chi connectivity index (χ0) is 20.3. The van der Waals surface area contributed by atoms with Gasteiger partial charge in [0.15, 0.2) is 5.75 Å². The number of nitrogens with zero attached hydrogens (tertiary/aromatic N) is 3. The standard InChI is InChI=1S/C21H17N3O3S/c1-13-4-6-16(8-14(13)2)18-12-28-21(23-18)17(11-22)9-15-5-7-20(27-3)19(10-15)24(25)26/h4-10,12H,1-3H3/b17-9+. The van der Waals surface area contributed by atoms with Crippen LogP contribution in [0.4, 0.5) is 5.69 Å². The van der Waals surface area contributed by atoms with Crippen molar-refractivity contribution >= 4 is 28.7 Å². The Hall–Kier alpha value is -3.50. The van der Waals surface area contributed by atoms with Crippen LogP contribution in [0.25, 0.3) is 22.9 Å². The Kier molecular flexibility index (Phi) is 5.52. The van der Waals surface area contributed by atoms with Gasteiger partial charge in [-0.2, -0.15) is 5.26 Å². The number of aromatic nitrogens is 1. The molecular weight excluding hydrogens is 374 g/mol. The molecule has 0 unspecified atom stereocenters. The molecule has 7 heteroatoms. The van der Waals surface area contributed by atoms with E-state index in [4.69, 9.17) is 4.74 Å². The molecule has 0 N–H and O–H groups in total. The van der Waals surface area contributed by atoms with Crippen LogP contribution in [0.2, 0.25) is 0 Å². The summed E-state index contributed by atoms with van der Waals surface area (Å²) in [6.45, 7) is 4.10. The minimum atomic E-state index is -0.510. The minimum Gasteiger partial charge on any atom is -0.490 e. The Morgan fingerprint density at radius 1 is 1.25 bits per heavy atom. The van der Waals surface area contributed by atoms with E-state index in [1.165, 1.54) is 41.7 Å². The van der Waals surface area contributed by atoms with Crippen molar-refractivity contribution in [3.63, 3.8) is 0 Å². The Bertz CT molecular complexity index is 1130. The molecule has 0 saturated heterocycles. The second-order valence-electron chi connectivity index (χ2n) is 6.20. The molecule has 0 fully saturated rings. The fraction of sp³-hybridized carbons (Fsp3) is 0.143. The fourth-order valence-electron chi connectivity index (χ4n) is 2.68. The molecule has 0 aliphatic rings. The molecule has 0 aliphatic heterocycles. The van der Waals surface area contributed by atoms with E-state index in [1.54, 1.807) is 12.1 Å². The number of allylic oxidation sites excluding steroid dienone is 1. The molecule has 0 bridgehead atoms. The van der Waals surface area contributed by atoms with Gasteiger partial charge in [0.1, 0.15) is 11.1 Å². The maximum atomic E-state index is 11.2. The average Bonchev–Trinajstić information content (AvgIpc) is 3.18. The van der Waals surface area contributed by atoms with E-state index in [1.807, 2.05) is 24.4 Å². The first kappa shape index (κ1) is 19.3. The quantitative estimate of drug-likeness (QED) is 0.330. The van der Waals surface area contributed by atoms with Crippen LogP contribution in [0.5, 0.6) is 5.75 Å². The lowest BCUT2D eigenvalue weighted by molar-refractivity contribution is -0.385. The topological polar surface area (TPSA) is 89.0 Å². The molecule has 0 spiro atoms. The third kappa shape index (κ3) is 3.92. The van der Waals surface area contributed by atoms with Crippen LogP contribution in [0, 0.1) is 35.3 Å². The molecule has 3 rings (SSSR count). The predicted octanol–water partition coefficient (Wildman–Crippen LogP) is 5.41. The number of nitro groups is 1. The summed E-state index contributed by atoms with van der Waals surface area (Å²) < 4.78 is 5.01. The Morgan fingerprint density at radius 3 is 2.68 bits per heavy atom. The molecule has 0 aliphatic carbocycles. The molecule has 6 nitrogen and oxygen atoms in total. The van der Waals surface area contributed by atoms with Crippen molar-refractivity contribution < 1.29 is 9.66 Å². The van der Waals surface area contributed by atoms with Gasteiger partial charge in [0.05, 0.1) is 23.3 Å². The van der Waals surface area contributed by atoms with E-state index in [2.05, 4.69) is 24.0 Å². The number of hydrogen-bond acceptors (Lipinski definition) is 6. The van der Waals surface area contributed by atoms with Crippen LogP contribution in [-0.4, -0.2) is 17.0 Å². The van der Waals surface area contributed by atoms with Crippen LogP contribution in [0.15, 0.2) is 41.8 Å². The molecule has 3 aromatic rings. The molecule has 0 amide bonds. The molecule has 0 radical (unpaired) electrons. The largest absolute Gasteiger partial charge is 0.490 e. The molecule has 140 valence electrons. The molecule has 28 heavy (non-hydrogen) atoms. The summed E-state index contributed by atoms with van der Waals surface area (Å²) >= 11 is 1.36. The molecule has 1 aromatic heterocycles. The van der Waals surface area contributed by atoms with Gasteiger partial charge in [0.25, 0.3) is 0 Å². The van der Waals surface area contributed by atoms with Gasteiger partial charge in [0.2, 0.25) is 0 Å². The molecule has 2 aromatic carbocycles. The molecule has 0 atom stereocenters. The first-order valence-electron chi connectivity index (χ1n) is 8.40. The van der Waals surface area contributed by atoms with Crippen molar-refractivity contribution in [3.8, 4) is 23.1 Å². The summed E-state index contributed by atoms with van der Waals surface area (Å²) in [6, 6.07) is 12.8. The lowest BCUT2D eigenvalue weighted by Gasteiger charge is -2.03. The zero-order valence-electron chi connectivity index (χ0n) is 15.6. The highest BCUT2D eigenvalue weighted by atomic mass is 32.1. The average molecular weight is 391 g/mol. The number of hydrogen-bond donors (Lipinski definition) is 0. The van der Waals surface area contributed by atoms with Crippen molar-refractivity contribution in [2.75, 3.05) is 7.11 Å². The van der Waals surface area contributed by atoms with Crippen molar-refractivity contribution in [2.24, 2.45) is 0 Å². The monoisotopic (exact) mass is 391 g/mol. The molecular formula is C21H17N3O3S. The third-order valence-corrected chi connectivity index (χ3v) is 5.24. The molecule has 1 heterocycles. The summed E-state index contributed by atoms with van der Waals surface area (Å²) in [4.78, 5) is 15.3.